The van der Waals surface area contributed by atoms with Gasteiger partial charge >= 0.3 is 0 Å². The van der Waals surface area contributed by atoms with E-state index in [0.717, 1.165) is 36.6 Å². The summed E-state index contributed by atoms with van der Waals surface area (Å²) in [4.78, 5) is 19.3. The molecule has 4 rings (SSSR count). The number of ether oxygens (including phenoxy) is 1. The number of hydrazine groups is 1. The largest absolute Gasteiger partial charge is 0.375 e. The number of morpholine rings is 1. The SMILES string of the molecule is CC1CN(c2ccc(CNC(=O)C3CC(c4cccc(Cl)c4)NN3)cn2)CCO1. The molecular formula is C21H26ClN5O2. The van der Waals surface area contributed by atoms with Crippen LogP contribution in [0.3, 0.4) is 0 Å². The Balaban J connectivity index is 1.27. The molecule has 0 bridgehead atoms. The second-order valence-electron chi connectivity index (χ2n) is 7.55. The zero-order chi connectivity index (χ0) is 20.2. The fraction of sp³-hybridized carbons (Fsp3) is 0.429. The molecule has 2 fully saturated rings. The highest BCUT2D eigenvalue weighted by Gasteiger charge is 2.30. The quantitative estimate of drug-likeness (QED) is 0.694. The van der Waals surface area contributed by atoms with Crippen molar-refractivity contribution in [3.8, 4) is 0 Å². The van der Waals surface area contributed by atoms with E-state index in [0.29, 0.717) is 18.0 Å². The minimum atomic E-state index is -0.291. The molecule has 0 saturated carbocycles. The summed E-state index contributed by atoms with van der Waals surface area (Å²) in [7, 11) is 0. The molecule has 7 nitrogen and oxygen atoms in total. The molecule has 0 radical (unpaired) electrons. The monoisotopic (exact) mass is 415 g/mol. The average molecular weight is 416 g/mol. The van der Waals surface area contributed by atoms with Gasteiger partial charge in [-0.3, -0.25) is 4.79 Å². The number of nitrogens with one attached hydrogen (secondary N) is 3. The van der Waals surface area contributed by atoms with Gasteiger partial charge < -0.3 is 15.0 Å². The van der Waals surface area contributed by atoms with Gasteiger partial charge in [0.15, 0.2) is 0 Å². The van der Waals surface area contributed by atoms with Crippen molar-refractivity contribution in [2.75, 3.05) is 24.6 Å². The summed E-state index contributed by atoms with van der Waals surface area (Å²) >= 11 is 6.06. The number of pyridine rings is 1. The number of amides is 1. The molecule has 0 spiro atoms. The normalized spacial score (nSPS) is 24.5. The fourth-order valence-electron chi connectivity index (χ4n) is 3.72. The van der Waals surface area contributed by atoms with Gasteiger partial charge in [-0.25, -0.2) is 15.8 Å². The number of benzene rings is 1. The van der Waals surface area contributed by atoms with Gasteiger partial charge in [0.2, 0.25) is 5.91 Å². The number of halogens is 1. The number of carbonyl (C=O) groups excluding carboxylic acids is 1. The summed E-state index contributed by atoms with van der Waals surface area (Å²) in [6, 6.07) is 11.5. The predicted molar refractivity (Wildman–Crippen MR) is 113 cm³/mol. The van der Waals surface area contributed by atoms with E-state index in [1.807, 2.05) is 42.6 Å². The zero-order valence-corrected chi connectivity index (χ0v) is 17.2. The van der Waals surface area contributed by atoms with Gasteiger partial charge in [0.25, 0.3) is 0 Å². The molecule has 2 aromatic rings. The Bertz CT molecular complexity index is 847. The van der Waals surface area contributed by atoms with Gasteiger partial charge in [-0.15, -0.1) is 0 Å². The van der Waals surface area contributed by atoms with E-state index in [2.05, 4.69) is 33.0 Å². The minimum absolute atomic E-state index is 0.0342. The second kappa shape index (κ2) is 9.09. The first kappa shape index (κ1) is 20.1. The summed E-state index contributed by atoms with van der Waals surface area (Å²) in [5.41, 5.74) is 8.30. The number of hydrogen-bond donors (Lipinski definition) is 3. The van der Waals surface area contributed by atoms with Crippen molar-refractivity contribution in [2.24, 2.45) is 0 Å². The van der Waals surface area contributed by atoms with E-state index in [1.165, 1.54) is 0 Å². The molecular weight excluding hydrogens is 390 g/mol. The van der Waals surface area contributed by atoms with Crippen LogP contribution in [-0.4, -0.2) is 42.7 Å². The second-order valence-corrected chi connectivity index (χ2v) is 7.99. The number of rotatable bonds is 5. The van der Waals surface area contributed by atoms with Crippen LogP contribution in [0, 0.1) is 0 Å². The average Bonchev–Trinajstić information content (AvgIpc) is 3.23. The Morgan fingerprint density at radius 3 is 3.00 bits per heavy atom. The molecule has 2 aliphatic heterocycles. The van der Waals surface area contributed by atoms with Crippen LogP contribution in [0.1, 0.15) is 30.5 Å². The molecule has 3 N–H and O–H groups in total. The predicted octanol–water partition coefficient (Wildman–Crippen LogP) is 2.18. The molecule has 2 aliphatic rings. The minimum Gasteiger partial charge on any atom is -0.375 e. The van der Waals surface area contributed by atoms with Gasteiger partial charge in [0.1, 0.15) is 11.9 Å². The highest BCUT2D eigenvalue weighted by molar-refractivity contribution is 6.30. The van der Waals surface area contributed by atoms with E-state index < -0.39 is 0 Å². The number of hydrogen-bond acceptors (Lipinski definition) is 6. The molecule has 154 valence electrons. The first-order chi connectivity index (χ1) is 14.1. The summed E-state index contributed by atoms with van der Waals surface area (Å²) < 4.78 is 5.57. The Kier molecular flexibility index (Phi) is 6.30. The molecule has 1 amide bonds. The molecule has 29 heavy (non-hydrogen) atoms. The zero-order valence-electron chi connectivity index (χ0n) is 16.4. The van der Waals surface area contributed by atoms with Crippen molar-refractivity contribution in [3.05, 3.63) is 58.7 Å². The van der Waals surface area contributed by atoms with Crippen molar-refractivity contribution in [1.82, 2.24) is 21.2 Å². The van der Waals surface area contributed by atoms with Crippen molar-refractivity contribution in [2.45, 2.75) is 38.1 Å². The smallest absolute Gasteiger partial charge is 0.238 e. The van der Waals surface area contributed by atoms with Crippen molar-refractivity contribution < 1.29 is 9.53 Å². The van der Waals surface area contributed by atoms with E-state index in [4.69, 9.17) is 16.3 Å². The van der Waals surface area contributed by atoms with E-state index in [-0.39, 0.29) is 24.1 Å². The molecule has 8 heteroatoms. The summed E-state index contributed by atoms with van der Waals surface area (Å²) in [6.45, 7) is 4.93. The van der Waals surface area contributed by atoms with Gasteiger partial charge in [-0.05, 0) is 42.7 Å². The fourth-order valence-corrected chi connectivity index (χ4v) is 3.92. The Labute approximate surface area is 175 Å². The molecule has 1 aromatic carbocycles. The number of carbonyl (C=O) groups is 1. The third-order valence-corrected chi connectivity index (χ3v) is 5.55. The molecule has 0 aliphatic carbocycles. The van der Waals surface area contributed by atoms with Gasteiger partial charge in [0, 0.05) is 36.9 Å². The maximum atomic E-state index is 12.5. The lowest BCUT2D eigenvalue weighted by Gasteiger charge is -2.32. The third-order valence-electron chi connectivity index (χ3n) is 5.31. The number of anilines is 1. The van der Waals surface area contributed by atoms with E-state index >= 15 is 0 Å². The van der Waals surface area contributed by atoms with E-state index in [1.54, 1.807) is 0 Å². The van der Waals surface area contributed by atoms with Crippen molar-refractivity contribution in [1.29, 1.82) is 0 Å². The maximum Gasteiger partial charge on any atom is 0.238 e. The highest BCUT2D eigenvalue weighted by atomic mass is 35.5. The van der Waals surface area contributed by atoms with Crippen LogP contribution in [0.4, 0.5) is 5.82 Å². The van der Waals surface area contributed by atoms with Crippen LogP contribution in [0.2, 0.25) is 5.02 Å². The lowest BCUT2D eigenvalue weighted by Crippen LogP contribution is -2.43. The maximum absolute atomic E-state index is 12.5. The topological polar surface area (TPSA) is 78.5 Å². The van der Waals surface area contributed by atoms with Crippen LogP contribution in [-0.2, 0) is 16.1 Å². The standard InChI is InChI=1S/C21H26ClN5O2/c1-14-13-27(7-8-29-14)20-6-5-15(11-23-20)12-24-21(28)19-10-18(25-26-19)16-3-2-4-17(22)9-16/h2-6,9,11,14,18-19,25-26H,7-8,10,12-13H2,1H3,(H,24,28). The van der Waals surface area contributed by atoms with Gasteiger partial charge in [0.05, 0.1) is 12.7 Å². The molecule has 1 aromatic heterocycles. The van der Waals surface area contributed by atoms with Crippen LogP contribution < -0.4 is 21.1 Å². The number of aromatic nitrogens is 1. The van der Waals surface area contributed by atoms with Crippen molar-refractivity contribution >= 4 is 23.3 Å². The number of nitrogens with zero attached hydrogens (tertiary/aromatic N) is 2. The first-order valence-electron chi connectivity index (χ1n) is 9.94. The third kappa shape index (κ3) is 5.05. The Morgan fingerprint density at radius 2 is 2.24 bits per heavy atom. The lowest BCUT2D eigenvalue weighted by atomic mass is 10.0. The summed E-state index contributed by atoms with van der Waals surface area (Å²) in [5.74, 6) is 0.911. The highest BCUT2D eigenvalue weighted by Crippen LogP contribution is 2.24. The molecule has 3 unspecified atom stereocenters. The van der Waals surface area contributed by atoms with Crippen LogP contribution >= 0.6 is 11.6 Å². The van der Waals surface area contributed by atoms with E-state index in [9.17, 15) is 4.79 Å². The Hall–Kier alpha value is -2.19. The van der Waals surface area contributed by atoms with Crippen LogP contribution in [0.5, 0.6) is 0 Å². The molecule has 2 saturated heterocycles. The van der Waals surface area contributed by atoms with Crippen LogP contribution in [0.15, 0.2) is 42.6 Å². The van der Waals surface area contributed by atoms with Gasteiger partial charge in [-0.2, -0.15) is 0 Å². The first-order valence-corrected chi connectivity index (χ1v) is 10.3. The van der Waals surface area contributed by atoms with Gasteiger partial charge in [-0.1, -0.05) is 29.8 Å². The summed E-state index contributed by atoms with van der Waals surface area (Å²) in [5, 5.41) is 3.68. The lowest BCUT2D eigenvalue weighted by molar-refractivity contribution is -0.123. The molecule has 3 atom stereocenters. The Morgan fingerprint density at radius 1 is 1.34 bits per heavy atom. The molecule has 3 heterocycles. The van der Waals surface area contributed by atoms with Crippen LogP contribution in [0.25, 0.3) is 0 Å². The summed E-state index contributed by atoms with van der Waals surface area (Å²) in [6.07, 6.45) is 2.71. The van der Waals surface area contributed by atoms with Crippen molar-refractivity contribution in [3.63, 3.8) is 0 Å².